The second-order valence-electron chi connectivity index (χ2n) is 3.93. The van der Waals surface area contributed by atoms with Crippen molar-refractivity contribution in [1.82, 2.24) is 4.90 Å². The van der Waals surface area contributed by atoms with Gasteiger partial charge in [0.1, 0.15) is 0 Å². The van der Waals surface area contributed by atoms with E-state index in [9.17, 15) is 4.79 Å². The third-order valence-corrected chi connectivity index (χ3v) is 2.63. The zero-order valence-electron chi connectivity index (χ0n) is 8.13. The van der Waals surface area contributed by atoms with Gasteiger partial charge in [0, 0.05) is 20.0 Å². The Balaban J connectivity index is 2.57. The van der Waals surface area contributed by atoms with Gasteiger partial charge in [0.15, 0.2) is 0 Å². The summed E-state index contributed by atoms with van der Waals surface area (Å²) in [5.74, 6) is 0.974. The minimum absolute atomic E-state index is 0.197. The van der Waals surface area contributed by atoms with Gasteiger partial charge in [-0.15, -0.1) is 0 Å². The van der Waals surface area contributed by atoms with Crippen molar-refractivity contribution in [2.45, 2.75) is 19.8 Å². The van der Waals surface area contributed by atoms with Crippen molar-refractivity contribution in [3.8, 4) is 0 Å². The molecule has 0 aromatic carbocycles. The maximum atomic E-state index is 11.5. The molecule has 1 saturated carbocycles. The van der Waals surface area contributed by atoms with Gasteiger partial charge in [0.2, 0.25) is 5.91 Å². The lowest BCUT2D eigenvalue weighted by molar-refractivity contribution is -0.132. The second-order valence-corrected chi connectivity index (χ2v) is 3.93. The molecule has 0 aliphatic heterocycles. The third-order valence-electron chi connectivity index (χ3n) is 2.63. The first-order chi connectivity index (χ1) is 5.52. The normalized spacial score (nSPS) is 29.1. The molecule has 1 aliphatic rings. The standard InChI is InChI=1S/C10H17NO/c1-7-5-9(6-8(7)2)10(12)11(3)4/h8-9H,1,5-6H2,2-4H3/t8-,9+/m0/s1. The Morgan fingerprint density at radius 2 is 2.17 bits per heavy atom. The zero-order valence-corrected chi connectivity index (χ0v) is 8.13. The van der Waals surface area contributed by atoms with E-state index in [2.05, 4.69) is 13.5 Å². The van der Waals surface area contributed by atoms with Gasteiger partial charge in [-0.25, -0.2) is 0 Å². The summed E-state index contributed by atoms with van der Waals surface area (Å²) in [6.07, 6.45) is 1.87. The lowest BCUT2D eigenvalue weighted by Gasteiger charge is -2.15. The van der Waals surface area contributed by atoms with Crippen LogP contribution < -0.4 is 0 Å². The van der Waals surface area contributed by atoms with E-state index in [-0.39, 0.29) is 11.8 Å². The molecule has 2 nitrogen and oxygen atoms in total. The fraction of sp³-hybridized carbons (Fsp3) is 0.700. The summed E-state index contributed by atoms with van der Waals surface area (Å²) in [5.41, 5.74) is 1.23. The average molecular weight is 167 g/mol. The molecule has 0 heterocycles. The molecule has 2 heteroatoms. The van der Waals surface area contributed by atoms with Gasteiger partial charge in [0.25, 0.3) is 0 Å². The van der Waals surface area contributed by atoms with Crippen molar-refractivity contribution in [2.24, 2.45) is 11.8 Å². The monoisotopic (exact) mass is 167 g/mol. The van der Waals surface area contributed by atoms with Crippen molar-refractivity contribution < 1.29 is 4.79 Å². The molecule has 1 fully saturated rings. The molecule has 0 radical (unpaired) electrons. The van der Waals surface area contributed by atoms with Crippen molar-refractivity contribution >= 4 is 5.91 Å². The SMILES string of the molecule is C=C1C[C@@H](C(=O)N(C)C)C[C@@H]1C. The Morgan fingerprint density at radius 1 is 1.58 bits per heavy atom. The summed E-state index contributed by atoms with van der Waals surface area (Å²) in [6, 6.07) is 0. The number of hydrogen-bond acceptors (Lipinski definition) is 1. The largest absolute Gasteiger partial charge is 0.349 e. The maximum Gasteiger partial charge on any atom is 0.225 e. The van der Waals surface area contributed by atoms with Crippen molar-refractivity contribution in [3.63, 3.8) is 0 Å². The Labute approximate surface area is 74.2 Å². The van der Waals surface area contributed by atoms with Crippen LogP contribution in [0.5, 0.6) is 0 Å². The van der Waals surface area contributed by atoms with E-state index in [1.165, 1.54) is 5.57 Å². The average Bonchev–Trinajstić information content (AvgIpc) is 2.30. The second kappa shape index (κ2) is 3.30. The summed E-state index contributed by atoms with van der Waals surface area (Å²) in [5, 5.41) is 0. The molecule has 0 aromatic heterocycles. The van der Waals surface area contributed by atoms with E-state index >= 15 is 0 Å². The number of hydrogen-bond donors (Lipinski definition) is 0. The summed E-state index contributed by atoms with van der Waals surface area (Å²) in [6.45, 7) is 6.10. The molecule has 0 bridgehead atoms. The van der Waals surface area contributed by atoms with E-state index in [1.54, 1.807) is 4.90 Å². The number of rotatable bonds is 1. The Hall–Kier alpha value is -0.790. The molecule has 0 unspecified atom stereocenters. The molecule has 1 aliphatic carbocycles. The molecule has 1 amide bonds. The van der Waals surface area contributed by atoms with Crippen molar-refractivity contribution in [2.75, 3.05) is 14.1 Å². The Kier molecular flexibility index (Phi) is 2.55. The molecular formula is C10H17NO. The molecule has 0 aromatic rings. The minimum atomic E-state index is 0.197. The van der Waals surface area contributed by atoms with Crippen LogP contribution in [0.2, 0.25) is 0 Å². The first kappa shape index (κ1) is 9.30. The van der Waals surface area contributed by atoms with Gasteiger partial charge in [-0.05, 0) is 18.8 Å². The highest BCUT2D eigenvalue weighted by atomic mass is 16.2. The van der Waals surface area contributed by atoms with Crippen LogP contribution in [-0.4, -0.2) is 24.9 Å². The summed E-state index contributed by atoms with van der Waals surface area (Å²) in [7, 11) is 3.63. The third kappa shape index (κ3) is 1.68. The fourth-order valence-corrected chi connectivity index (χ4v) is 1.75. The van der Waals surface area contributed by atoms with Crippen LogP contribution in [0.1, 0.15) is 19.8 Å². The number of allylic oxidation sites excluding steroid dienone is 1. The molecule has 68 valence electrons. The minimum Gasteiger partial charge on any atom is -0.349 e. The van der Waals surface area contributed by atoms with Gasteiger partial charge >= 0.3 is 0 Å². The predicted molar refractivity (Wildman–Crippen MR) is 49.7 cm³/mol. The predicted octanol–water partition coefficient (Wildman–Crippen LogP) is 1.68. The van der Waals surface area contributed by atoms with E-state index in [0.29, 0.717) is 5.92 Å². The van der Waals surface area contributed by atoms with E-state index in [0.717, 1.165) is 12.8 Å². The van der Waals surface area contributed by atoms with Crippen LogP contribution >= 0.6 is 0 Å². The molecule has 12 heavy (non-hydrogen) atoms. The lowest BCUT2D eigenvalue weighted by Crippen LogP contribution is -2.28. The van der Waals surface area contributed by atoms with Gasteiger partial charge in [-0.1, -0.05) is 19.1 Å². The zero-order chi connectivity index (χ0) is 9.30. The van der Waals surface area contributed by atoms with Crippen LogP contribution in [0.15, 0.2) is 12.2 Å². The smallest absolute Gasteiger partial charge is 0.225 e. The highest BCUT2D eigenvalue weighted by Crippen LogP contribution is 2.34. The van der Waals surface area contributed by atoms with Crippen molar-refractivity contribution in [1.29, 1.82) is 0 Å². The molecule has 2 atom stereocenters. The summed E-state index contributed by atoms with van der Waals surface area (Å²) >= 11 is 0. The van der Waals surface area contributed by atoms with Crippen LogP contribution in [0.4, 0.5) is 0 Å². The van der Waals surface area contributed by atoms with Gasteiger partial charge in [0.05, 0.1) is 0 Å². The summed E-state index contributed by atoms with van der Waals surface area (Å²) < 4.78 is 0. The molecule has 0 spiro atoms. The molecule has 0 N–H and O–H groups in total. The number of amides is 1. The maximum absolute atomic E-state index is 11.5. The highest BCUT2D eigenvalue weighted by molar-refractivity contribution is 5.79. The van der Waals surface area contributed by atoms with E-state index in [1.807, 2.05) is 14.1 Å². The Morgan fingerprint density at radius 3 is 2.50 bits per heavy atom. The first-order valence-corrected chi connectivity index (χ1v) is 4.41. The van der Waals surface area contributed by atoms with Gasteiger partial charge in [-0.2, -0.15) is 0 Å². The Bertz CT molecular complexity index is 208. The number of nitrogens with zero attached hydrogens (tertiary/aromatic N) is 1. The number of carbonyl (C=O) groups is 1. The van der Waals surface area contributed by atoms with E-state index < -0.39 is 0 Å². The lowest BCUT2D eigenvalue weighted by atomic mass is 10.1. The molecule has 1 rings (SSSR count). The molecular weight excluding hydrogens is 150 g/mol. The van der Waals surface area contributed by atoms with E-state index in [4.69, 9.17) is 0 Å². The quantitative estimate of drug-likeness (QED) is 0.544. The number of carbonyl (C=O) groups excluding carboxylic acids is 1. The van der Waals surface area contributed by atoms with Crippen molar-refractivity contribution in [3.05, 3.63) is 12.2 Å². The van der Waals surface area contributed by atoms with Crippen LogP contribution in [0.25, 0.3) is 0 Å². The van der Waals surface area contributed by atoms with Gasteiger partial charge in [-0.3, -0.25) is 4.79 Å². The first-order valence-electron chi connectivity index (χ1n) is 4.41. The van der Waals surface area contributed by atoms with Gasteiger partial charge < -0.3 is 4.90 Å². The topological polar surface area (TPSA) is 20.3 Å². The summed E-state index contributed by atoms with van der Waals surface area (Å²) in [4.78, 5) is 13.2. The highest BCUT2D eigenvalue weighted by Gasteiger charge is 2.30. The van der Waals surface area contributed by atoms with Crippen LogP contribution in [0.3, 0.4) is 0 Å². The fourth-order valence-electron chi connectivity index (χ4n) is 1.75. The van der Waals surface area contributed by atoms with Crippen LogP contribution in [0, 0.1) is 11.8 Å². The molecule has 0 saturated heterocycles. The van der Waals surface area contributed by atoms with Crippen LogP contribution in [-0.2, 0) is 4.79 Å².